The number of carbonyl (C=O) groups excluding carboxylic acids is 3. The minimum absolute atomic E-state index is 0.00797. The van der Waals surface area contributed by atoms with E-state index in [1.165, 1.54) is 16.2 Å². The summed E-state index contributed by atoms with van der Waals surface area (Å²) in [6, 6.07) is 6.94. The molecule has 6 rings (SSSR count). The first-order valence-corrected chi connectivity index (χ1v) is 17.8. The van der Waals surface area contributed by atoms with E-state index in [2.05, 4.69) is 10.6 Å². The van der Waals surface area contributed by atoms with Crippen molar-refractivity contribution in [2.24, 2.45) is 5.92 Å². The van der Waals surface area contributed by atoms with Gasteiger partial charge in [0.15, 0.2) is 0 Å². The summed E-state index contributed by atoms with van der Waals surface area (Å²) in [5, 5.41) is 18.1. The Morgan fingerprint density at radius 2 is 1.96 bits per heavy atom. The van der Waals surface area contributed by atoms with Gasteiger partial charge in [0.05, 0.1) is 22.5 Å². The topological polar surface area (TPSA) is 160 Å². The maximum atomic E-state index is 14.3. The number of carbonyl (C=O) groups is 4. The van der Waals surface area contributed by atoms with Crippen molar-refractivity contribution in [2.75, 3.05) is 6.54 Å². The second kappa shape index (κ2) is 13.9. The Balaban J connectivity index is 1.33. The number of amides is 3. The summed E-state index contributed by atoms with van der Waals surface area (Å²) in [5.41, 5.74) is -0.595. The normalized spacial score (nSPS) is 26.8. The number of nitrogens with one attached hydrogen (secondary N) is 2. The molecule has 14 heteroatoms. The van der Waals surface area contributed by atoms with Crippen molar-refractivity contribution in [1.29, 1.82) is 0 Å². The monoisotopic (exact) mass is 709 g/mol. The number of hydrogen-bond donors (Lipinski definition) is 3. The zero-order valence-electron chi connectivity index (χ0n) is 27.6. The molecule has 49 heavy (non-hydrogen) atoms. The first-order valence-electron chi connectivity index (χ1n) is 16.5. The highest BCUT2D eigenvalue weighted by molar-refractivity contribution is 7.13. The number of halogens is 1. The summed E-state index contributed by atoms with van der Waals surface area (Å²) >= 11 is 7.73. The van der Waals surface area contributed by atoms with Crippen LogP contribution in [0.3, 0.4) is 0 Å². The van der Waals surface area contributed by atoms with E-state index < -0.39 is 53.2 Å². The molecule has 5 atom stereocenters. The van der Waals surface area contributed by atoms with Crippen molar-refractivity contribution >= 4 is 57.8 Å². The van der Waals surface area contributed by atoms with E-state index in [1.807, 2.05) is 29.7 Å². The van der Waals surface area contributed by atoms with Crippen LogP contribution >= 0.6 is 22.9 Å². The summed E-state index contributed by atoms with van der Waals surface area (Å²) in [6.45, 7) is 5.20. The molecule has 3 N–H and O–H groups in total. The van der Waals surface area contributed by atoms with Gasteiger partial charge < -0.3 is 30.1 Å². The lowest BCUT2D eigenvalue weighted by Gasteiger charge is -2.30. The Bertz CT molecular complexity index is 1780. The van der Waals surface area contributed by atoms with Crippen LogP contribution in [0, 0.1) is 5.92 Å². The molecular weight excluding hydrogens is 670 g/mol. The molecule has 1 aliphatic carbocycles. The predicted molar refractivity (Wildman–Crippen MR) is 184 cm³/mol. The number of aromatic nitrogens is 2. The standard InChI is InChI=1S/C35H40ClN5O7S/c1-34(2,3)48-33(46)39-24-11-8-6-4-5-7-10-20-18-35(20,32(44)45)40-29(42)26-17-22(19-41(26)31(24)43)47-30-28(27-12-9-15-49-27)37-23-14-13-21(36)16-25(23)38-30/h7,9-10,12-16,20,22,24,26H,4-6,8,11,17-19H2,1-3H3,(H,39,46)(H,40,42)(H,44,45)/b10-7-/t20-,22-,24+,26+,35-/m1/s1. The van der Waals surface area contributed by atoms with Gasteiger partial charge in [0, 0.05) is 17.4 Å². The van der Waals surface area contributed by atoms with Crippen LogP contribution in [0.5, 0.6) is 5.88 Å². The molecule has 2 aromatic heterocycles. The number of alkyl carbamates (subject to hydrolysis) is 1. The van der Waals surface area contributed by atoms with Crippen molar-refractivity contribution in [3.8, 4) is 16.5 Å². The van der Waals surface area contributed by atoms with Crippen LogP contribution in [0.2, 0.25) is 5.02 Å². The van der Waals surface area contributed by atoms with E-state index in [1.54, 1.807) is 39.0 Å². The Hall–Kier alpha value is -4.23. The van der Waals surface area contributed by atoms with E-state index in [0.717, 1.165) is 24.1 Å². The lowest BCUT2D eigenvalue weighted by atomic mass is 10.0. The van der Waals surface area contributed by atoms with Crippen LogP contribution in [0.4, 0.5) is 4.79 Å². The number of fused-ring (bicyclic) bond motifs is 3. The number of carboxylic acid groups (broad SMARTS) is 1. The van der Waals surface area contributed by atoms with E-state index in [0.29, 0.717) is 34.6 Å². The average Bonchev–Trinajstić information content (AvgIpc) is 3.33. The molecule has 0 spiro atoms. The molecule has 260 valence electrons. The minimum Gasteiger partial charge on any atom is -0.479 e. The molecule has 2 fully saturated rings. The van der Waals surface area contributed by atoms with Crippen molar-refractivity contribution < 1.29 is 33.8 Å². The zero-order valence-corrected chi connectivity index (χ0v) is 29.2. The number of thiophene rings is 1. The summed E-state index contributed by atoms with van der Waals surface area (Å²) in [7, 11) is 0. The van der Waals surface area contributed by atoms with Gasteiger partial charge in [-0.05, 0) is 76.1 Å². The third-order valence-electron chi connectivity index (χ3n) is 8.94. The largest absolute Gasteiger partial charge is 0.479 e. The predicted octanol–water partition coefficient (Wildman–Crippen LogP) is 5.73. The zero-order chi connectivity index (χ0) is 34.9. The first-order chi connectivity index (χ1) is 23.3. The number of ether oxygens (including phenoxy) is 2. The van der Waals surface area contributed by atoms with E-state index in [-0.39, 0.29) is 31.2 Å². The molecule has 1 saturated carbocycles. The number of aliphatic carboxylic acids is 1. The SMILES string of the molecule is CC(C)(C)OC(=O)N[C@H]1CCCCC/C=C\[C@@H]2C[C@@]2(C(=O)O)NC(=O)[C@@H]2C[C@@H](Oc3nc4cc(Cl)ccc4nc3-c3cccs3)CN2C1=O. The van der Waals surface area contributed by atoms with Crippen LogP contribution < -0.4 is 15.4 Å². The van der Waals surface area contributed by atoms with Gasteiger partial charge in [-0.2, -0.15) is 0 Å². The number of benzene rings is 1. The van der Waals surface area contributed by atoms with E-state index >= 15 is 0 Å². The van der Waals surface area contributed by atoms with Crippen molar-refractivity contribution in [1.82, 2.24) is 25.5 Å². The van der Waals surface area contributed by atoms with Gasteiger partial charge in [-0.25, -0.2) is 19.6 Å². The number of hydrogen-bond acceptors (Lipinski definition) is 9. The first kappa shape index (κ1) is 34.6. The van der Waals surface area contributed by atoms with E-state index in [9.17, 15) is 24.3 Å². The van der Waals surface area contributed by atoms with Crippen LogP contribution in [0.1, 0.15) is 65.7 Å². The molecule has 1 saturated heterocycles. The Morgan fingerprint density at radius 3 is 2.69 bits per heavy atom. The maximum Gasteiger partial charge on any atom is 0.408 e. The summed E-state index contributed by atoms with van der Waals surface area (Å²) in [6.07, 6.45) is 6.03. The van der Waals surface area contributed by atoms with Gasteiger partial charge in [0.1, 0.15) is 35.0 Å². The molecule has 0 radical (unpaired) electrons. The van der Waals surface area contributed by atoms with Crippen molar-refractivity contribution in [3.05, 3.63) is 52.9 Å². The van der Waals surface area contributed by atoms with Crippen LogP contribution in [-0.4, -0.2) is 79.7 Å². The van der Waals surface area contributed by atoms with Crippen LogP contribution in [0.25, 0.3) is 21.6 Å². The second-order valence-corrected chi connectivity index (χ2v) is 15.2. The lowest BCUT2D eigenvalue weighted by molar-refractivity contribution is -0.145. The highest BCUT2D eigenvalue weighted by Gasteiger charge is 2.61. The van der Waals surface area contributed by atoms with Gasteiger partial charge in [-0.3, -0.25) is 9.59 Å². The van der Waals surface area contributed by atoms with Gasteiger partial charge in [-0.15, -0.1) is 11.3 Å². The summed E-state index contributed by atoms with van der Waals surface area (Å²) in [5.74, 6) is -2.34. The fourth-order valence-corrected chi connectivity index (χ4v) is 7.29. The molecule has 4 heterocycles. The smallest absolute Gasteiger partial charge is 0.408 e. The average molecular weight is 710 g/mol. The number of carboxylic acids is 1. The fourth-order valence-electron chi connectivity index (χ4n) is 6.42. The van der Waals surface area contributed by atoms with Crippen molar-refractivity contribution in [2.45, 2.75) is 95.0 Å². The molecule has 3 aliphatic rings. The molecule has 0 bridgehead atoms. The number of allylic oxidation sites excluding steroid dienone is 1. The van der Waals surface area contributed by atoms with Gasteiger partial charge in [-0.1, -0.05) is 42.7 Å². The highest BCUT2D eigenvalue weighted by atomic mass is 35.5. The quantitative estimate of drug-likeness (QED) is 0.281. The molecule has 3 aromatic rings. The fraction of sp³-hybridized carbons (Fsp3) is 0.486. The molecule has 12 nitrogen and oxygen atoms in total. The number of rotatable bonds is 5. The Kier molecular flexibility index (Phi) is 9.86. The highest BCUT2D eigenvalue weighted by Crippen LogP contribution is 2.45. The van der Waals surface area contributed by atoms with Gasteiger partial charge in [0.25, 0.3) is 0 Å². The summed E-state index contributed by atoms with van der Waals surface area (Å²) < 4.78 is 12.0. The number of nitrogens with zero attached hydrogens (tertiary/aromatic N) is 3. The molecule has 2 aliphatic heterocycles. The molecular formula is C35H40ClN5O7S. The second-order valence-electron chi connectivity index (χ2n) is 13.8. The van der Waals surface area contributed by atoms with E-state index in [4.69, 9.17) is 31.0 Å². The van der Waals surface area contributed by atoms with Crippen LogP contribution in [-0.2, 0) is 19.1 Å². The summed E-state index contributed by atoms with van der Waals surface area (Å²) in [4.78, 5) is 65.5. The minimum atomic E-state index is -1.45. The van der Waals surface area contributed by atoms with Crippen molar-refractivity contribution in [3.63, 3.8) is 0 Å². The maximum absolute atomic E-state index is 14.3. The third-order valence-corrected chi connectivity index (χ3v) is 10.1. The Labute approximate surface area is 293 Å². The lowest BCUT2D eigenvalue weighted by Crippen LogP contribution is -2.56. The molecule has 1 aromatic carbocycles. The third kappa shape index (κ3) is 7.83. The van der Waals surface area contributed by atoms with Crippen LogP contribution in [0.15, 0.2) is 47.9 Å². The van der Waals surface area contributed by atoms with Gasteiger partial charge >= 0.3 is 12.1 Å². The molecule has 3 amide bonds. The Morgan fingerprint density at radius 1 is 1.14 bits per heavy atom. The van der Waals surface area contributed by atoms with Gasteiger partial charge in [0.2, 0.25) is 17.7 Å². The molecule has 0 unspecified atom stereocenters.